The minimum absolute atomic E-state index is 0.0311. The first-order chi connectivity index (χ1) is 6.29. The van der Waals surface area contributed by atoms with Gasteiger partial charge in [0.25, 0.3) is 0 Å². The van der Waals surface area contributed by atoms with Crippen LogP contribution in [0.3, 0.4) is 0 Å². The molecule has 0 aliphatic rings. The first-order valence-electron chi connectivity index (χ1n) is 3.18. The van der Waals surface area contributed by atoms with Crippen molar-refractivity contribution in [2.75, 3.05) is 5.73 Å². The van der Waals surface area contributed by atoms with Crippen molar-refractivity contribution in [3.8, 4) is 5.75 Å². The van der Waals surface area contributed by atoms with E-state index < -0.39 is 9.33 Å². The molecule has 0 saturated heterocycles. The van der Waals surface area contributed by atoms with Gasteiger partial charge in [0, 0.05) is 6.07 Å². The first-order valence-corrected chi connectivity index (χ1v) is 6.17. The minimum Gasteiger partial charge on any atom is -0.396 e. The van der Waals surface area contributed by atoms with Crippen LogP contribution < -0.4 is 9.92 Å². The smallest absolute Gasteiger partial charge is 0.396 e. The highest BCUT2D eigenvalue weighted by Crippen LogP contribution is 2.33. The fourth-order valence-electron chi connectivity index (χ4n) is 0.723. The van der Waals surface area contributed by atoms with E-state index in [9.17, 15) is 8.42 Å². The number of benzene rings is 1. The van der Waals surface area contributed by atoms with E-state index in [1.165, 1.54) is 12.1 Å². The van der Waals surface area contributed by atoms with Crippen molar-refractivity contribution in [2.45, 2.75) is 0 Å². The summed E-state index contributed by atoms with van der Waals surface area (Å²) in [5.41, 5.74) is 5.44. The highest BCUT2D eigenvalue weighted by molar-refractivity contribution is 8.10. The number of rotatable bonds is 2. The van der Waals surface area contributed by atoms with E-state index in [4.69, 9.17) is 39.6 Å². The predicted molar refractivity (Wildman–Crippen MR) is 56.3 cm³/mol. The summed E-state index contributed by atoms with van der Waals surface area (Å²) in [4.78, 5) is 0. The maximum absolute atomic E-state index is 10.6. The quantitative estimate of drug-likeness (QED) is 0.665. The largest absolute Gasteiger partial charge is 0.401 e. The zero-order valence-electron chi connectivity index (χ0n) is 6.50. The van der Waals surface area contributed by atoms with Crippen molar-refractivity contribution in [1.29, 1.82) is 0 Å². The summed E-state index contributed by atoms with van der Waals surface area (Å²) in [6.45, 7) is 0. The van der Waals surface area contributed by atoms with Crippen molar-refractivity contribution >= 4 is 48.9 Å². The van der Waals surface area contributed by atoms with Crippen LogP contribution >= 0.6 is 33.9 Å². The van der Waals surface area contributed by atoms with Crippen LogP contribution in [0.2, 0.25) is 10.0 Å². The van der Waals surface area contributed by atoms with Crippen molar-refractivity contribution in [3.63, 3.8) is 0 Å². The molecular weight excluding hydrogens is 272 g/mol. The third-order valence-corrected chi connectivity index (χ3v) is 2.53. The Morgan fingerprint density at radius 1 is 1.21 bits per heavy atom. The Kier molecular flexibility index (Phi) is 3.36. The standard InChI is InChI=1S/C6H4Cl3NO3S/c7-3-1-5(10)6(2-4(3)8)13-14(9,11)12/h1-2H,10H2. The third kappa shape index (κ3) is 3.09. The molecule has 1 aromatic rings. The fourth-order valence-corrected chi connectivity index (χ4v) is 1.61. The Morgan fingerprint density at radius 3 is 2.21 bits per heavy atom. The van der Waals surface area contributed by atoms with Crippen LogP contribution in [0.15, 0.2) is 12.1 Å². The van der Waals surface area contributed by atoms with E-state index in [2.05, 4.69) is 4.18 Å². The van der Waals surface area contributed by atoms with Crippen molar-refractivity contribution in [1.82, 2.24) is 0 Å². The summed E-state index contributed by atoms with van der Waals surface area (Å²) in [6, 6.07) is 2.43. The molecule has 0 aliphatic heterocycles. The molecule has 0 atom stereocenters. The number of nitrogen functional groups attached to an aromatic ring is 1. The Labute approximate surface area is 95.1 Å². The highest BCUT2D eigenvalue weighted by atomic mass is 35.7. The van der Waals surface area contributed by atoms with Gasteiger partial charge >= 0.3 is 9.33 Å². The summed E-state index contributed by atoms with van der Waals surface area (Å²) < 4.78 is 25.5. The van der Waals surface area contributed by atoms with Crippen LogP contribution in [0, 0.1) is 0 Å². The van der Waals surface area contributed by atoms with Crippen LogP contribution in [0.4, 0.5) is 5.69 Å². The van der Waals surface area contributed by atoms with Gasteiger partial charge in [0.05, 0.1) is 26.4 Å². The molecule has 14 heavy (non-hydrogen) atoms. The van der Waals surface area contributed by atoms with E-state index in [1.807, 2.05) is 0 Å². The topological polar surface area (TPSA) is 69.4 Å². The van der Waals surface area contributed by atoms with E-state index >= 15 is 0 Å². The second-order valence-corrected chi connectivity index (χ2v) is 5.18. The van der Waals surface area contributed by atoms with Gasteiger partial charge in [-0.1, -0.05) is 23.2 Å². The summed E-state index contributed by atoms with van der Waals surface area (Å²) in [5, 5.41) is 0.319. The molecule has 0 heterocycles. The molecule has 78 valence electrons. The van der Waals surface area contributed by atoms with Crippen molar-refractivity contribution in [3.05, 3.63) is 22.2 Å². The Hall–Kier alpha value is -0.360. The zero-order valence-corrected chi connectivity index (χ0v) is 9.58. The van der Waals surface area contributed by atoms with Gasteiger partial charge in [-0.25, -0.2) is 0 Å². The normalized spacial score (nSPS) is 11.4. The lowest BCUT2D eigenvalue weighted by molar-refractivity contribution is 0.504. The maximum atomic E-state index is 10.6. The van der Waals surface area contributed by atoms with E-state index in [0.717, 1.165) is 0 Å². The molecule has 1 aromatic carbocycles. The van der Waals surface area contributed by atoms with Gasteiger partial charge in [-0.05, 0) is 6.07 Å². The van der Waals surface area contributed by atoms with Crippen LogP contribution in [0.25, 0.3) is 0 Å². The number of hydrogen-bond donors (Lipinski definition) is 1. The lowest BCUT2D eigenvalue weighted by atomic mass is 10.3. The molecule has 0 aliphatic carbocycles. The molecule has 2 N–H and O–H groups in total. The van der Waals surface area contributed by atoms with Crippen molar-refractivity contribution < 1.29 is 12.6 Å². The van der Waals surface area contributed by atoms with E-state index in [1.54, 1.807) is 0 Å². The monoisotopic (exact) mass is 275 g/mol. The molecule has 4 nitrogen and oxygen atoms in total. The molecule has 0 fully saturated rings. The minimum atomic E-state index is -4.14. The van der Waals surface area contributed by atoms with Gasteiger partial charge in [0.15, 0.2) is 5.75 Å². The van der Waals surface area contributed by atoms with Gasteiger partial charge in [-0.2, -0.15) is 8.42 Å². The second-order valence-electron chi connectivity index (χ2n) is 2.28. The lowest BCUT2D eigenvalue weighted by Gasteiger charge is -2.06. The molecule has 0 saturated carbocycles. The molecule has 8 heteroatoms. The molecule has 0 amide bonds. The van der Waals surface area contributed by atoms with Crippen LogP contribution in [-0.4, -0.2) is 8.42 Å². The van der Waals surface area contributed by atoms with Gasteiger partial charge < -0.3 is 9.92 Å². The van der Waals surface area contributed by atoms with E-state index in [0.29, 0.717) is 0 Å². The summed E-state index contributed by atoms with van der Waals surface area (Å²) in [6.07, 6.45) is 0. The molecule has 0 radical (unpaired) electrons. The Bertz CT molecular complexity index is 460. The van der Waals surface area contributed by atoms with Gasteiger partial charge in [-0.3, -0.25) is 0 Å². The molecule has 0 spiro atoms. The Balaban J connectivity index is 3.17. The molecule has 0 aromatic heterocycles. The highest BCUT2D eigenvalue weighted by Gasteiger charge is 2.12. The van der Waals surface area contributed by atoms with Crippen LogP contribution in [-0.2, 0) is 9.33 Å². The van der Waals surface area contributed by atoms with E-state index in [-0.39, 0.29) is 21.5 Å². The number of nitrogens with two attached hydrogens (primary N) is 1. The van der Waals surface area contributed by atoms with Gasteiger partial charge in [-0.15, -0.1) is 0 Å². The lowest BCUT2D eigenvalue weighted by Crippen LogP contribution is -2.02. The number of anilines is 1. The second kappa shape index (κ2) is 4.02. The summed E-state index contributed by atoms with van der Waals surface area (Å²) >= 11 is 11.2. The SMILES string of the molecule is Nc1cc(Cl)c(Cl)cc1OS(=O)(=O)Cl. The predicted octanol–water partition coefficient (Wildman–Crippen LogP) is 2.44. The molecule has 0 bridgehead atoms. The zero-order chi connectivity index (χ0) is 10.9. The number of halogens is 3. The molecular formula is C6H4Cl3NO3S. The summed E-state index contributed by atoms with van der Waals surface area (Å²) in [5.74, 6) is -0.158. The van der Waals surface area contributed by atoms with Crippen LogP contribution in [0.5, 0.6) is 5.75 Å². The Morgan fingerprint density at radius 2 is 1.71 bits per heavy atom. The average molecular weight is 277 g/mol. The van der Waals surface area contributed by atoms with Gasteiger partial charge in [0.2, 0.25) is 0 Å². The molecule has 1 rings (SSSR count). The van der Waals surface area contributed by atoms with Gasteiger partial charge in [0.1, 0.15) is 0 Å². The maximum Gasteiger partial charge on any atom is 0.401 e. The first kappa shape index (κ1) is 11.7. The van der Waals surface area contributed by atoms with Crippen LogP contribution in [0.1, 0.15) is 0 Å². The summed E-state index contributed by atoms with van der Waals surface area (Å²) in [7, 11) is 0.711. The van der Waals surface area contributed by atoms with Crippen molar-refractivity contribution in [2.24, 2.45) is 0 Å². The number of hydrogen-bond acceptors (Lipinski definition) is 4. The third-order valence-electron chi connectivity index (χ3n) is 1.24. The molecule has 0 unspecified atom stereocenters. The average Bonchev–Trinajstić information content (AvgIpc) is 1.97. The fraction of sp³-hybridized carbons (Fsp3) is 0.